The lowest BCUT2D eigenvalue weighted by Crippen LogP contribution is -2.30. The van der Waals surface area contributed by atoms with Crippen LogP contribution in [0.4, 0.5) is 0 Å². The van der Waals surface area contributed by atoms with Crippen molar-refractivity contribution in [3.63, 3.8) is 0 Å². The maximum Gasteiger partial charge on any atom is 0.306 e. The lowest BCUT2D eigenvalue weighted by atomic mass is 10.0. The van der Waals surface area contributed by atoms with Crippen molar-refractivity contribution in [3.8, 4) is 0 Å². The van der Waals surface area contributed by atoms with E-state index in [1.165, 1.54) is 148 Å². The average molecular weight is 909 g/mol. The standard InChI is InChI=1S/C59H104O6/c1-4-7-10-13-16-19-22-25-27-28-29-30-32-35-38-41-44-47-50-53-59(62)65-56(54-63-57(60)51-48-45-42-39-36-33-24-21-18-15-12-9-6-3)55-64-58(61)52-49-46-43-40-37-34-31-26-23-20-17-14-11-8-5-2/h8,11,17,20-21,24,26,31,37,40,56H,4-7,9-10,12-16,18-19,22-23,25,27-30,32-36,38-39,41-55H2,1-3H3/b11-8-,20-17-,24-21-,31-26-,40-37-/t56-/m0/s1. The summed E-state index contributed by atoms with van der Waals surface area (Å²) in [5.74, 6) is -0.930. The third-order valence-corrected chi connectivity index (χ3v) is 12.0. The van der Waals surface area contributed by atoms with Crippen molar-refractivity contribution in [2.45, 2.75) is 284 Å². The molecule has 376 valence electrons. The van der Waals surface area contributed by atoms with Crippen molar-refractivity contribution < 1.29 is 28.6 Å². The molecule has 0 aliphatic heterocycles. The second-order valence-corrected chi connectivity index (χ2v) is 18.5. The molecule has 0 heterocycles. The van der Waals surface area contributed by atoms with E-state index in [0.717, 1.165) is 89.9 Å². The van der Waals surface area contributed by atoms with Gasteiger partial charge in [-0.1, -0.05) is 236 Å². The smallest absolute Gasteiger partial charge is 0.306 e. The van der Waals surface area contributed by atoms with Crippen LogP contribution in [0.25, 0.3) is 0 Å². The third-order valence-electron chi connectivity index (χ3n) is 12.0. The first-order chi connectivity index (χ1) is 32.0. The summed E-state index contributed by atoms with van der Waals surface area (Å²) in [6, 6.07) is 0. The molecule has 0 radical (unpaired) electrons. The van der Waals surface area contributed by atoms with Gasteiger partial charge in [0.15, 0.2) is 6.10 Å². The van der Waals surface area contributed by atoms with Gasteiger partial charge in [0.2, 0.25) is 0 Å². The molecule has 0 amide bonds. The van der Waals surface area contributed by atoms with Crippen LogP contribution in [0.5, 0.6) is 0 Å². The average Bonchev–Trinajstić information content (AvgIpc) is 3.30. The van der Waals surface area contributed by atoms with E-state index in [1.807, 2.05) is 0 Å². The predicted molar refractivity (Wildman–Crippen MR) is 279 cm³/mol. The molecular formula is C59H104O6. The van der Waals surface area contributed by atoms with Crippen LogP contribution in [-0.4, -0.2) is 37.2 Å². The zero-order valence-electron chi connectivity index (χ0n) is 43.0. The summed E-state index contributed by atoms with van der Waals surface area (Å²) < 4.78 is 16.8. The van der Waals surface area contributed by atoms with Gasteiger partial charge in [-0.3, -0.25) is 14.4 Å². The zero-order valence-corrected chi connectivity index (χ0v) is 43.0. The number of unbranched alkanes of at least 4 members (excludes halogenated alkanes) is 29. The highest BCUT2D eigenvalue weighted by molar-refractivity contribution is 5.71. The molecule has 0 fully saturated rings. The summed E-state index contributed by atoms with van der Waals surface area (Å²) in [4.78, 5) is 38.1. The number of esters is 3. The van der Waals surface area contributed by atoms with Gasteiger partial charge in [-0.2, -0.15) is 0 Å². The van der Waals surface area contributed by atoms with Crippen molar-refractivity contribution in [1.82, 2.24) is 0 Å². The van der Waals surface area contributed by atoms with Crippen molar-refractivity contribution in [3.05, 3.63) is 60.8 Å². The molecular weight excluding hydrogens is 805 g/mol. The fourth-order valence-electron chi connectivity index (χ4n) is 7.84. The Balaban J connectivity index is 4.39. The van der Waals surface area contributed by atoms with E-state index in [0.29, 0.717) is 19.3 Å². The quantitative estimate of drug-likeness (QED) is 0.0262. The van der Waals surface area contributed by atoms with Gasteiger partial charge >= 0.3 is 17.9 Å². The van der Waals surface area contributed by atoms with E-state index in [1.54, 1.807) is 0 Å². The molecule has 0 aromatic carbocycles. The first-order valence-electron chi connectivity index (χ1n) is 27.8. The summed E-state index contributed by atoms with van der Waals surface area (Å²) in [6.45, 7) is 6.49. The summed E-state index contributed by atoms with van der Waals surface area (Å²) in [7, 11) is 0. The van der Waals surface area contributed by atoms with Crippen molar-refractivity contribution in [2.75, 3.05) is 13.2 Å². The van der Waals surface area contributed by atoms with E-state index in [9.17, 15) is 14.4 Å². The second-order valence-electron chi connectivity index (χ2n) is 18.5. The Hall–Kier alpha value is -2.89. The van der Waals surface area contributed by atoms with Crippen LogP contribution >= 0.6 is 0 Å². The lowest BCUT2D eigenvalue weighted by Gasteiger charge is -2.18. The lowest BCUT2D eigenvalue weighted by molar-refractivity contribution is -0.167. The Morgan fingerprint density at radius 2 is 0.600 bits per heavy atom. The molecule has 0 unspecified atom stereocenters. The van der Waals surface area contributed by atoms with Crippen LogP contribution in [0.1, 0.15) is 278 Å². The highest BCUT2D eigenvalue weighted by Gasteiger charge is 2.19. The van der Waals surface area contributed by atoms with E-state index in [-0.39, 0.29) is 31.1 Å². The Morgan fingerprint density at radius 1 is 0.323 bits per heavy atom. The van der Waals surface area contributed by atoms with Crippen LogP contribution in [0.3, 0.4) is 0 Å². The van der Waals surface area contributed by atoms with Gasteiger partial charge in [0.25, 0.3) is 0 Å². The van der Waals surface area contributed by atoms with Gasteiger partial charge in [-0.25, -0.2) is 0 Å². The summed E-state index contributed by atoms with van der Waals surface area (Å²) >= 11 is 0. The molecule has 6 heteroatoms. The van der Waals surface area contributed by atoms with E-state index < -0.39 is 6.10 Å². The van der Waals surface area contributed by atoms with Crippen LogP contribution in [-0.2, 0) is 28.6 Å². The highest BCUT2D eigenvalue weighted by Crippen LogP contribution is 2.16. The number of allylic oxidation sites excluding steroid dienone is 10. The number of carbonyl (C=O) groups excluding carboxylic acids is 3. The molecule has 0 rings (SSSR count). The van der Waals surface area contributed by atoms with Crippen molar-refractivity contribution >= 4 is 17.9 Å². The highest BCUT2D eigenvalue weighted by atomic mass is 16.6. The van der Waals surface area contributed by atoms with Crippen molar-refractivity contribution in [1.29, 1.82) is 0 Å². The SMILES string of the molecule is CC/C=C\C/C=C\C/C=C\C/C=C\CCCCC(=O)OC[C@H](COC(=O)CCCCCCC/C=C\CCCCCC)OC(=O)CCCCCCCCCCCCCCCCCCCCC. The maximum atomic E-state index is 12.8. The minimum atomic E-state index is -0.792. The zero-order chi connectivity index (χ0) is 47.2. The second kappa shape index (κ2) is 53.7. The molecule has 0 saturated carbocycles. The molecule has 0 aromatic rings. The van der Waals surface area contributed by atoms with Crippen molar-refractivity contribution in [2.24, 2.45) is 0 Å². The Morgan fingerprint density at radius 3 is 1.00 bits per heavy atom. The van der Waals surface area contributed by atoms with E-state index in [4.69, 9.17) is 14.2 Å². The summed E-state index contributed by atoms with van der Waals surface area (Å²) in [6.07, 6.45) is 66.4. The maximum absolute atomic E-state index is 12.8. The molecule has 0 bridgehead atoms. The minimum Gasteiger partial charge on any atom is -0.462 e. The molecule has 0 aliphatic carbocycles. The minimum absolute atomic E-state index is 0.0896. The number of hydrogen-bond acceptors (Lipinski definition) is 6. The van der Waals surface area contributed by atoms with Gasteiger partial charge in [-0.05, 0) is 83.5 Å². The molecule has 0 aromatic heterocycles. The largest absolute Gasteiger partial charge is 0.462 e. The van der Waals surface area contributed by atoms with Crippen LogP contribution in [0.15, 0.2) is 60.8 Å². The third kappa shape index (κ3) is 51.9. The molecule has 0 aliphatic rings. The molecule has 65 heavy (non-hydrogen) atoms. The molecule has 6 nitrogen and oxygen atoms in total. The monoisotopic (exact) mass is 909 g/mol. The van der Waals surface area contributed by atoms with E-state index in [2.05, 4.69) is 81.5 Å². The first-order valence-corrected chi connectivity index (χ1v) is 27.8. The summed E-state index contributed by atoms with van der Waals surface area (Å²) in [5, 5.41) is 0. The number of carbonyl (C=O) groups is 3. The Labute approximate surface area is 402 Å². The molecule has 0 saturated heterocycles. The van der Waals surface area contributed by atoms with Gasteiger partial charge in [0.1, 0.15) is 13.2 Å². The van der Waals surface area contributed by atoms with Crippen LogP contribution in [0.2, 0.25) is 0 Å². The topological polar surface area (TPSA) is 78.9 Å². The van der Waals surface area contributed by atoms with E-state index >= 15 is 0 Å². The Kier molecular flexibility index (Phi) is 51.3. The van der Waals surface area contributed by atoms with Gasteiger partial charge in [0.05, 0.1) is 0 Å². The van der Waals surface area contributed by atoms with Gasteiger partial charge in [0, 0.05) is 19.3 Å². The Bertz CT molecular complexity index is 1180. The molecule has 0 spiro atoms. The summed E-state index contributed by atoms with van der Waals surface area (Å²) in [5.41, 5.74) is 0. The van der Waals surface area contributed by atoms with Gasteiger partial charge < -0.3 is 14.2 Å². The predicted octanol–water partition coefficient (Wildman–Crippen LogP) is 18.4. The van der Waals surface area contributed by atoms with Crippen LogP contribution in [0, 0.1) is 0 Å². The fourth-order valence-corrected chi connectivity index (χ4v) is 7.84. The first kappa shape index (κ1) is 62.1. The molecule has 0 N–H and O–H groups in total. The number of hydrogen-bond donors (Lipinski definition) is 0. The van der Waals surface area contributed by atoms with Crippen LogP contribution < -0.4 is 0 Å². The molecule has 1 atom stereocenters. The fraction of sp³-hybridized carbons (Fsp3) is 0.780. The number of ether oxygens (including phenoxy) is 3. The van der Waals surface area contributed by atoms with Gasteiger partial charge in [-0.15, -0.1) is 0 Å². The number of rotatable bonds is 50. The normalized spacial score (nSPS) is 12.5.